The average Bonchev–Trinajstić information content (AvgIpc) is 2.17. The molecule has 0 aliphatic carbocycles. The van der Waals surface area contributed by atoms with Crippen molar-refractivity contribution in [1.82, 2.24) is 9.97 Å². The highest BCUT2D eigenvalue weighted by Gasteiger charge is 2.09. The molecule has 0 saturated heterocycles. The van der Waals surface area contributed by atoms with Gasteiger partial charge in [0, 0.05) is 11.4 Å². The van der Waals surface area contributed by atoms with E-state index in [4.69, 9.17) is 5.73 Å². The Balaban J connectivity index is 2.92. The van der Waals surface area contributed by atoms with E-state index in [9.17, 15) is 0 Å². The first kappa shape index (κ1) is 12.4. The highest BCUT2D eigenvalue weighted by molar-refractivity contribution is 5.86. The maximum absolute atomic E-state index is 5.92. The van der Waals surface area contributed by atoms with E-state index < -0.39 is 0 Å². The van der Waals surface area contributed by atoms with Crippen LogP contribution in [0.4, 0.5) is 5.95 Å². The molecular formula is C11H20N5+. The summed E-state index contributed by atoms with van der Waals surface area (Å²) in [7, 11) is 0. The summed E-state index contributed by atoms with van der Waals surface area (Å²) in [5.41, 5.74) is 7.79. The largest absolute Gasteiger partial charge is 0.350 e. The van der Waals surface area contributed by atoms with Crippen LogP contribution in [0.25, 0.3) is 0 Å². The van der Waals surface area contributed by atoms with E-state index in [0.717, 1.165) is 24.5 Å². The van der Waals surface area contributed by atoms with E-state index >= 15 is 0 Å². The molecule has 1 aromatic rings. The van der Waals surface area contributed by atoms with Crippen LogP contribution in [0.1, 0.15) is 25.2 Å². The lowest BCUT2D eigenvalue weighted by Gasteiger charge is -2.06. The third-order valence-corrected chi connectivity index (χ3v) is 2.33. The van der Waals surface area contributed by atoms with Gasteiger partial charge in [0.1, 0.15) is 0 Å². The molecule has 0 aliphatic rings. The number of guanidine groups is 1. The molecule has 1 rings (SSSR count). The predicted octanol–water partition coefficient (Wildman–Crippen LogP) is 0.872. The molecule has 5 heteroatoms. The summed E-state index contributed by atoms with van der Waals surface area (Å²) >= 11 is 0. The average molecular weight is 222 g/mol. The summed E-state index contributed by atoms with van der Waals surface area (Å²) in [6, 6.07) is 1.93. The molecule has 0 radical (unpaired) electrons. The number of anilines is 1. The van der Waals surface area contributed by atoms with Crippen LogP contribution < -0.4 is 11.1 Å². The predicted molar refractivity (Wildman–Crippen MR) is 65.7 cm³/mol. The van der Waals surface area contributed by atoms with E-state index in [-0.39, 0.29) is 0 Å². The van der Waals surface area contributed by atoms with Gasteiger partial charge < -0.3 is 0 Å². The third-order valence-electron chi connectivity index (χ3n) is 2.33. The zero-order chi connectivity index (χ0) is 12.1. The SMILES string of the molecule is CC[N+](CC)=C(N)Nc1nc(C)cc(C)n1. The summed E-state index contributed by atoms with van der Waals surface area (Å²) in [5, 5.41) is 3.02. The molecule has 1 aromatic heterocycles. The molecule has 88 valence electrons. The lowest BCUT2D eigenvalue weighted by atomic mass is 10.4. The van der Waals surface area contributed by atoms with Crippen molar-refractivity contribution in [2.75, 3.05) is 18.4 Å². The van der Waals surface area contributed by atoms with Crippen LogP contribution >= 0.6 is 0 Å². The van der Waals surface area contributed by atoms with E-state index in [1.54, 1.807) is 0 Å². The van der Waals surface area contributed by atoms with Crippen LogP contribution in [0.3, 0.4) is 0 Å². The molecule has 0 atom stereocenters. The molecule has 0 fully saturated rings. The molecule has 0 aliphatic heterocycles. The molecule has 0 unspecified atom stereocenters. The van der Waals surface area contributed by atoms with E-state index in [1.807, 2.05) is 24.5 Å². The Morgan fingerprint density at radius 3 is 2.19 bits per heavy atom. The Labute approximate surface area is 96.4 Å². The van der Waals surface area contributed by atoms with Crippen molar-refractivity contribution in [1.29, 1.82) is 0 Å². The van der Waals surface area contributed by atoms with Crippen LogP contribution in [0.5, 0.6) is 0 Å². The van der Waals surface area contributed by atoms with Crippen molar-refractivity contribution >= 4 is 11.9 Å². The number of aromatic nitrogens is 2. The van der Waals surface area contributed by atoms with Gasteiger partial charge in [0.15, 0.2) is 0 Å². The Morgan fingerprint density at radius 2 is 1.75 bits per heavy atom. The molecule has 3 N–H and O–H groups in total. The van der Waals surface area contributed by atoms with Gasteiger partial charge in [0.2, 0.25) is 0 Å². The van der Waals surface area contributed by atoms with E-state index in [1.165, 1.54) is 0 Å². The Bertz CT molecular complexity index is 371. The number of hydrogen-bond donors (Lipinski definition) is 2. The molecule has 0 spiro atoms. The maximum atomic E-state index is 5.92. The first-order valence-corrected chi connectivity index (χ1v) is 5.53. The highest BCUT2D eigenvalue weighted by Crippen LogP contribution is 2.02. The molecule has 0 bridgehead atoms. The number of aryl methyl sites for hydroxylation is 2. The fourth-order valence-electron chi connectivity index (χ4n) is 1.54. The molecule has 16 heavy (non-hydrogen) atoms. The first-order valence-electron chi connectivity index (χ1n) is 5.53. The van der Waals surface area contributed by atoms with Gasteiger partial charge in [-0.3, -0.25) is 10.3 Å². The van der Waals surface area contributed by atoms with Gasteiger partial charge in [-0.15, -0.1) is 0 Å². The standard InChI is InChI=1S/C11H19N5/c1-5-16(6-2)10(12)15-11-13-8(3)7-9(4)14-11/h7H,5-6H2,1-4H3,(H2,12,13,14,15)/p+1. The van der Waals surface area contributed by atoms with Crippen molar-refractivity contribution in [2.45, 2.75) is 27.7 Å². The second-order valence-corrected chi connectivity index (χ2v) is 3.66. The molecule has 0 amide bonds. The lowest BCUT2D eigenvalue weighted by molar-refractivity contribution is -0.521. The van der Waals surface area contributed by atoms with Crippen LogP contribution in [-0.4, -0.2) is 33.6 Å². The monoisotopic (exact) mass is 222 g/mol. The van der Waals surface area contributed by atoms with Crippen molar-refractivity contribution in [3.05, 3.63) is 17.5 Å². The van der Waals surface area contributed by atoms with Crippen molar-refractivity contribution in [2.24, 2.45) is 5.73 Å². The van der Waals surface area contributed by atoms with E-state index in [0.29, 0.717) is 11.9 Å². The van der Waals surface area contributed by atoms with Gasteiger partial charge in [0.25, 0.3) is 5.95 Å². The molecule has 1 heterocycles. The molecule has 0 saturated carbocycles. The van der Waals surface area contributed by atoms with Crippen LogP contribution in [0, 0.1) is 13.8 Å². The van der Waals surface area contributed by atoms with Crippen molar-refractivity contribution in [3.8, 4) is 0 Å². The quantitative estimate of drug-likeness (QED) is 0.452. The number of nitrogens with zero attached hydrogens (tertiary/aromatic N) is 3. The summed E-state index contributed by atoms with van der Waals surface area (Å²) in [6.07, 6.45) is 0. The van der Waals surface area contributed by atoms with Crippen molar-refractivity contribution < 1.29 is 4.58 Å². The minimum absolute atomic E-state index is 0.557. The zero-order valence-corrected chi connectivity index (χ0v) is 10.4. The van der Waals surface area contributed by atoms with Gasteiger partial charge in [-0.1, -0.05) is 0 Å². The minimum Gasteiger partial charge on any atom is -0.290 e. The van der Waals surface area contributed by atoms with Crippen molar-refractivity contribution in [3.63, 3.8) is 0 Å². The van der Waals surface area contributed by atoms with Crippen LogP contribution in [0.2, 0.25) is 0 Å². The van der Waals surface area contributed by atoms with Gasteiger partial charge in [-0.25, -0.2) is 15.3 Å². The van der Waals surface area contributed by atoms with Gasteiger partial charge >= 0.3 is 5.96 Å². The van der Waals surface area contributed by atoms with Gasteiger partial charge in [-0.05, 0) is 33.8 Å². The maximum Gasteiger partial charge on any atom is 0.350 e. The second-order valence-electron chi connectivity index (χ2n) is 3.66. The molecule has 5 nitrogen and oxygen atoms in total. The smallest absolute Gasteiger partial charge is 0.290 e. The number of rotatable bonds is 3. The van der Waals surface area contributed by atoms with Gasteiger partial charge in [-0.2, -0.15) is 0 Å². The fraction of sp³-hybridized carbons (Fsp3) is 0.545. The number of nitrogens with one attached hydrogen (secondary N) is 1. The summed E-state index contributed by atoms with van der Waals surface area (Å²) in [6.45, 7) is 9.71. The molecule has 0 aromatic carbocycles. The summed E-state index contributed by atoms with van der Waals surface area (Å²) in [5.74, 6) is 1.15. The second kappa shape index (κ2) is 5.44. The zero-order valence-electron chi connectivity index (χ0n) is 10.4. The third kappa shape index (κ3) is 3.18. The van der Waals surface area contributed by atoms with Crippen LogP contribution in [-0.2, 0) is 0 Å². The Kier molecular flexibility index (Phi) is 4.22. The minimum atomic E-state index is 0.557. The first-order chi connectivity index (χ1) is 7.56. The Morgan fingerprint density at radius 1 is 1.25 bits per heavy atom. The topological polar surface area (TPSA) is 66.8 Å². The summed E-state index contributed by atoms with van der Waals surface area (Å²) < 4.78 is 2.01. The number of nitrogens with two attached hydrogens (primary N) is 1. The molecular weight excluding hydrogens is 202 g/mol. The fourth-order valence-corrected chi connectivity index (χ4v) is 1.54. The normalized spacial score (nSPS) is 10.0. The summed E-state index contributed by atoms with van der Waals surface area (Å²) in [4.78, 5) is 8.55. The van der Waals surface area contributed by atoms with Gasteiger partial charge in [0.05, 0.1) is 13.1 Å². The number of hydrogen-bond acceptors (Lipinski definition) is 2. The van der Waals surface area contributed by atoms with E-state index in [2.05, 4.69) is 29.1 Å². The highest BCUT2D eigenvalue weighted by atomic mass is 15.2. The lowest BCUT2D eigenvalue weighted by Crippen LogP contribution is -2.35. The Hall–Kier alpha value is -1.65. The van der Waals surface area contributed by atoms with Crippen LogP contribution in [0.15, 0.2) is 6.07 Å².